The van der Waals surface area contributed by atoms with Crippen LogP contribution in [0.3, 0.4) is 0 Å². The third-order valence-electron chi connectivity index (χ3n) is 3.49. The van der Waals surface area contributed by atoms with Crippen molar-refractivity contribution in [2.24, 2.45) is 5.92 Å². The number of hydrogen-bond donors (Lipinski definition) is 1. The summed E-state index contributed by atoms with van der Waals surface area (Å²) in [6.07, 6.45) is -2.08. The van der Waals surface area contributed by atoms with Gasteiger partial charge in [0.1, 0.15) is 5.82 Å². The van der Waals surface area contributed by atoms with Crippen molar-refractivity contribution in [1.82, 2.24) is 10.3 Å². The first kappa shape index (κ1) is 14.1. The molecule has 1 aromatic rings. The van der Waals surface area contributed by atoms with E-state index in [1.807, 2.05) is 24.1 Å². The Kier molecular flexibility index (Phi) is 4.29. The second-order valence-corrected chi connectivity index (χ2v) is 4.82. The predicted octanol–water partition coefficient (Wildman–Crippen LogP) is 2.58. The summed E-state index contributed by atoms with van der Waals surface area (Å²) in [6, 6.07) is 3.80. The summed E-state index contributed by atoms with van der Waals surface area (Å²) in [4.78, 5) is 6.27. The van der Waals surface area contributed by atoms with Crippen LogP contribution in [0, 0.1) is 5.92 Å². The maximum atomic E-state index is 12.6. The Morgan fingerprint density at radius 2 is 2.05 bits per heavy atom. The summed E-state index contributed by atoms with van der Waals surface area (Å²) in [5.41, 5.74) is 1.02. The topological polar surface area (TPSA) is 28.2 Å². The molecular formula is C13H18F3N3. The average Bonchev–Trinajstić information content (AvgIpc) is 2.39. The van der Waals surface area contributed by atoms with Gasteiger partial charge in [-0.25, -0.2) is 4.98 Å². The van der Waals surface area contributed by atoms with E-state index in [0.29, 0.717) is 19.6 Å². The van der Waals surface area contributed by atoms with Crippen molar-refractivity contribution in [2.75, 3.05) is 25.0 Å². The van der Waals surface area contributed by atoms with Crippen LogP contribution in [0.2, 0.25) is 0 Å². The Morgan fingerprint density at radius 1 is 1.37 bits per heavy atom. The molecule has 3 nitrogen and oxygen atoms in total. The molecule has 0 aliphatic carbocycles. The fourth-order valence-electron chi connectivity index (χ4n) is 2.46. The lowest BCUT2D eigenvalue weighted by Gasteiger charge is -2.34. The molecule has 2 rings (SSSR count). The maximum absolute atomic E-state index is 12.6. The summed E-state index contributed by atoms with van der Waals surface area (Å²) in [5.74, 6) is -0.363. The molecule has 19 heavy (non-hydrogen) atoms. The van der Waals surface area contributed by atoms with Crippen LogP contribution < -0.4 is 10.2 Å². The van der Waals surface area contributed by atoms with Crippen LogP contribution in [0.5, 0.6) is 0 Å². The highest BCUT2D eigenvalue weighted by Crippen LogP contribution is 2.35. The number of aromatic nitrogens is 1. The number of hydrogen-bond acceptors (Lipinski definition) is 3. The summed E-state index contributed by atoms with van der Waals surface area (Å²) in [6.45, 7) is 1.50. The van der Waals surface area contributed by atoms with Crippen molar-refractivity contribution in [3.05, 3.63) is 23.9 Å². The Balaban J connectivity index is 2.05. The smallest absolute Gasteiger partial charge is 0.356 e. The number of rotatable bonds is 3. The van der Waals surface area contributed by atoms with E-state index >= 15 is 0 Å². The predicted molar refractivity (Wildman–Crippen MR) is 68.0 cm³/mol. The first-order valence-corrected chi connectivity index (χ1v) is 6.42. The molecule has 1 aliphatic heterocycles. The lowest BCUT2D eigenvalue weighted by Crippen LogP contribution is -2.39. The SMILES string of the molecule is CNCc1cccnc1N1CCC(C(F)(F)F)CC1. The molecule has 1 N–H and O–H groups in total. The zero-order chi connectivity index (χ0) is 13.9. The van der Waals surface area contributed by atoms with Gasteiger partial charge in [0.25, 0.3) is 0 Å². The number of pyridine rings is 1. The van der Waals surface area contributed by atoms with Gasteiger partial charge in [-0.2, -0.15) is 13.2 Å². The van der Waals surface area contributed by atoms with E-state index in [2.05, 4.69) is 10.3 Å². The molecule has 0 aromatic carbocycles. The lowest BCUT2D eigenvalue weighted by atomic mass is 9.96. The van der Waals surface area contributed by atoms with Gasteiger partial charge >= 0.3 is 6.18 Å². The van der Waals surface area contributed by atoms with E-state index < -0.39 is 12.1 Å². The number of nitrogens with one attached hydrogen (secondary N) is 1. The van der Waals surface area contributed by atoms with Crippen molar-refractivity contribution in [3.63, 3.8) is 0 Å². The minimum Gasteiger partial charge on any atom is -0.356 e. The second kappa shape index (κ2) is 5.77. The Labute approximate surface area is 110 Å². The fourth-order valence-corrected chi connectivity index (χ4v) is 2.46. The summed E-state index contributed by atoms with van der Waals surface area (Å²) in [7, 11) is 1.84. The molecule has 0 atom stereocenters. The van der Waals surface area contributed by atoms with Crippen LogP contribution >= 0.6 is 0 Å². The fraction of sp³-hybridized carbons (Fsp3) is 0.615. The van der Waals surface area contributed by atoms with Gasteiger partial charge in [0, 0.05) is 31.4 Å². The van der Waals surface area contributed by atoms with Crippen molar-refractivity contribution in [1.29, 1.82) is 0 Å². The van der Waals surface area contributed by atoms with E-state index in [9.17, 15) is 13.2 Å². The molecular weight excluding hydrogens is 255 g/mol. The summed E-state index contributed by atoms with van der Waals surface area (Å²) >= 11 is 0. The van der Waals surface area contributed by atoms with E-state index in [-0.39, 0.29) is 12.8 Å². The zero-order valence-electron chi connectivity index (χ0n) is 10.9. The monoisotopic (exact) mass is 273 g/mol. The summed E-state index contributed by atoms with van der Waals surface area (Å²) in [5, 5.41) is 3.05. The minimum atomic E-state index is -4.07. The minimum absolute atomic E-state index is 0.152. The third kappa shape index (κ3) is 3.37. The molecule has 106 valence electrons. The first-order valence-electron chi connectivity index (χ1n) is 6.42. The van der Waals surface area contributed by atoms with E-state index in [1.165, 1.54) is 0 Å². The molecule has 0 unspecified atom stereocenters. The van der Waals surface area contributed by atoms with Crippen LogP contribution in [0.25, 0.3) is 0 Å². The maximum Gasteiger partial charge on any atom is 0.391 e. The summed E-state index contributed by atoms with van der Waals surface area (Å²) < 4.78 is 37.9. The number of nitrogens with zero attached hydrogens (tertiary/aromatic N) is 2. The average molecular weight is 273 g/mol. The molecule has 1 saturated heterocycles. The van der Waals surface area contributed by atoms with Gasteiger partial charge in [0.15, 0.2) is 0 Å². The highest BCUT2D eigenvalue weighted by molar-refractivity contribution is 5.47. The number of anilines is 1. The van der Waals surface area contributed by atoms with Crippen LogP contribution in [0.4, 0.5) is 19.0 Å². The van der Waals surface area contributed by atoms with Gasteiger partial charge in [-0.15, -0.1) is 0 Å². The third-order valence-corrected chi connectivity index (χ3v) is 3.49. The number of halogens is 3. The molecule has 2 heterocycles. The van der Waals surface area contributed by atoms with Crippen LogP contribution in [0.1, 0.15) is 18.4 Å². The van der Waals surface area contributed by atoms with Crippen molar-refractivity contribution < 1.29 is 13.2 Å². The van der Waals surface area contributed by atoms with Gasteiger partial charge in [-0.3, -0.25) is 0 Å². The normalized spacial score (nSPS) is 17.8. The first-order chi connectivity index (χ1) is 9.02. The van der Waals surface area contributed by atoms with Gasteiger partial charge in [-0.05, 0) is 26.0 Å². The van der Waals surface area contributed by atoms with Crippen molar-refractivity contribution >= 4 is 5.82 Å². The molecule has 0 radical (unpaired) electrons. The molecule has 1 aliphatic rings. The van der Waals surface area contributed by atoms with Crippen LogP contribution in [-0.4, -0.2) is 31.3 Å². The van der Waals surface area contributed by atoms with E-state index in [1.54, 1.807) is 6.20 Å². The van der Waals surface area contributed by atoms with Crippen LogP contribution in [-0.2, 0) is 6.54 Å². The van der Waals surface area contributed by atoms with Crippen molar-refractivity contribution in [2.45, 2.75) is 25.6 Å². The molecule has 0 spiro atoms. The Bertz CT molecular complexity index is 412. The van der Waals surface area contributed by atoms with Crippen molar-refractivity contribution in [3.8, 4) is 0 Å². The van der Waals surface area contributed by atoms with Gasteiger partial charge < -0.3 is 10.2 Å². The largest absolute Gasteiger partial charge is 0.391 e. The molecule has 0 saturated carbocycles. The Hall–Kier alpha value is -1.30. The molecule has 0 bridgehead atoms. The lowest BCUT2D eigenvalue weighted by molar-refractivity contribution is -0.179. The molecule has 0 amide bonds. The molecule has 1 fully saturated rings. The van der Waals surface area contributed by atoms with Gasteiger partial charge in [-0.1, -0.05) is 6.07 Å². The number of alkyl halides is 3. The van der Waals surface area contributed by atoms with Crippen LogP contribution in [0.15, 0.2) is 18.3 Å². The second-order valence-electron chi connectivity index (χ2n) is 4.82. The Morgan fingerprint density at radius 3 is 2.63 bits per heavy atom. The number of piperidine rings is 1. The van der Waals surface area contributed by atoms with Gasteiger partial charge in [0.2, 0.25) is 0 Å². The van der Waals surface area contributed by atoms with Gasteiger partial charge in [0.05, 0.1) is 5.92 Å². The quantitative estimate of drug-likeness (QED) is 0.917. The standard InChI is InChI=1S/C13H18F3N3/c1-17-9-10-3-2-6-18-12(10)19-7-4-11(5-8-19)13(14,15)16/h2-3,6,11,17H,4-5,7-9H2,1H3. The molecule has 1 aromatic heterocycles. The van der Waals surface area contributed by atoms with E-state index in [0.717, 1.165) is 11.4 Å². The highest BCUT2D eigenvalue weighted by atomic mass is 19.4. The highest BCUT2D eigenvalue weighted by Gasteiger charge is 2.41. The van der Waals surface area contributed by atoms with E-state index in [4.69, 9.17) is 0 Å². The zero-order valence-corrected chi connectivity index (χ0v) is 10.9. The molecule has 6 heteroatoms.